The zero-order valence-corrected chi connectivity index (χ0v) is 14.8. The third kappa shape index (κ3) is 5.34. The molecule has 0 unspecified atom stereocenters. The summed E-state index contributed by atoms with van der Waals surface area (Å²) in [5.74, 6) is 1.27. The van der Waals surface area contributed by atoms with Gasteiger partial charge in [-0.1, -0.05) is 48.5 Å². The number of carbonyl (C=O) groups excluding carboxylic acids is 1. The van der Waals surface area contributed by atoms with E-state index in [1.165, 1.54) is 0 Å². The molecule has 0 spiro atoms. The highest BCUT2D eigenvalue weighted by atomic mass is 16.5. The number of anilines is 1. The number of ether oxygens (including phenoxy) is 1. The summed E-state index contributed by atoms with van der Waals surface area (Å²) in [6.07, 6.45) is 0. The molecule has 0 fully saturated rings. The van der Waals surface area contributed by atoms with Crippen LogP contribution in [-0.4, -0.2) is 19.0 Å². The molecule has 0 saturated heterocycles. The van der Waals surface area contributed by atoms with Crippen molar-refractivity contribution in [3.8, 4) is 5.75 Å². The van der Waals surface area contributed by atoms with Crippen LogP contribution in [0, 0.1) is 0 Å². The number of amides is 2. The third-order valence-electron chi connectivity index (χ3n) is 3.69. The van der Waals surface area contributed by atoms with Gasteiger partial charge in [-0.2, -0.15) is 0 Å². The number of hydrogen-bond donors (Lipinski definition) is 3. The summed E-state index contributed by atoms with van der Waals surface area (Å²) >= 11 is 0. The van der Waals surface area contributed by atoms with Crippen LogP contribution in [0.15, 0.2) is 89.9 Å². The van der Waals surface area contributed by atoms with E-state index in [2.05, 4.69) is 21.2 Å². The van der Waals surface area contributed by atoms with E-state index in [0.717, 1.165) is 17.0 Å². The number of nitrogens with zero attached hydrogens (tertiary/aromatic N) is 1. The van der Waals surface area contributed by atoms with Crippen molar-refractivity contribution in [2.75, 3.05) is 12.4 Å². The summed E-state index contributed by atoms with van der Waals surface area (Å²) in [5.41, 5.74) is 7.78. The predicted molar refractivity (Wildman–Crippen MR) is 107 cm³/mol. The van der Waals surface area contributed by atoms with E-state index in [1.807, 2.05) is 84.9 Å². The molecule has 0 heterocycles. The molecule has 6 heteroatoms. The number of hydrogen-bond acceptors (Lipinski definition) is 3. The van der Waals surface area contributed by atoms with Gasteiger partial charge in [0.1, 0.15) is 5.75 Å². The quantitative estimate of drug-likeness (QED) is 0.372. The van der Waals surface area contributed by atoms with Gasteiger partial charge in [-0.25, -0.2) is 9.79 Å². The second-order valence-corrected chi connectivity index (χ2v) is 5.59. The molecule has 3 rings (SSSR count). The molecular weight excluding hydrogens is 340 g/mol. The van der Waals surface area contributed by atoms with Crippen LogP contribution in [0.4, 0.5) is 16.2 Å². The minimum atomic E-state index is -0.389. The van der Waals surface area contributed by atoms with Crippen LogP contribution in [0.3, 0.4) is 0 Å². The average Bonchev–Trinajstić information content (AvgIpc) is 2.73. The number of rotatable bonds is 4. The Labute approximate surface area is 157 Å². The van der Waals surface area contributed by atoms with E-state index in [-0.39, 0.29) is 6.03 Å². The molecule has 0 atom stereocenters. The topological polar surface area (TPSA) is 74.8 Å². The van der Waals surface area contributed by atoms with E-state index in [4.69, 9.17) is 4.74 Å². The number of aliphatic imine (C=N–C) groups is 1. The zero-order valence-electron chi connectivity index (χ0n) is 14.8. The number of carbonyl (C=O) groups is 1. The van der Waals surface area contributed by atoms with Gasteiger partial charge in [0, 0.05) is 11.3 Å². The van der Waals surface area contributed by atoms with E-state index in [0.29, 0.717) is 11.5 Å². The summed E-state index contributed by atoms with van der Waals surface area (Å²) < 4.78 is 5.16. The maximum atomic E-state index is 12.1. The Kier molecular flexibility index (Phi) is 6.04. The van der Waals surface area contributed by atoms with Gasteiger partial charge < -0.3 is 10.1 Å². The number of urea groups is 1. The molecule has 27 heavy (non-hydrogen) atoms. The van der Waals surface area contributed by atoms with Crippen LogP contribution in [0.5, 0.6) is 5.75 Å². The van der Waals surface area contributed by atoms with E-state index in [9.17, 15) is 4.79 Å². The number of benzene rings is 3. The minimum absolute atomic E-state index is 0.389. The summed E-state index contributed by atoms with van der Waals surface area (Å²) in [5, 5.41) is 2.74. The normalized spacial score (nSPS) is 10.8. The highest BCUT2D eigenvalue weighted by Gasteiger charge is 2.06. The number of amidine groups is 1. The standard InChI is InChI=1S/C21H20N4O2/c1-27-19-14-12-18(13-15-19)22-20(16-8-4-2-5-9-16)24-25-21(26)23-17-10-6-3-7-11-17/h2-15H,1H3,(H,22,24)(H2,23,25,26). The molecule has 136 valence electrons. The van der Waals surface area contributed by atoms with Crippen LogP contribution >= 0.6 is 0 Å². The zero-order chi connectivity index (χ0) is 18.9. The molecule has 3 aromatic carbocycles. The van der Waals surface area contributed by atoms with Crippen LogP contribution < -0.4 is 20.9 Å². The largest absolute Gasteiger partial charge is 0.497 e. The first-order valence-electron chi connectivity index (χ1n) is 8.41. The number of hydrazine groups is 1. The van der Waals surface area contributed by atoms with Gasteiger partial charge in [-0.3, -0.25) is 10.9 Å². The third-order valence-corrected chi connectivity index (χ3v) is 3.69. The van der Waals surface area contributed by atoms with Crippen molar-refractivity contribution in [1.29, 1.82) is 0 Å². The first-order chi connectivity index (χ1) is 13.2. The summed E-state index contributed by atoms with van der Waals surface area (Å²) in [7, 11) is 1.62. The first kappa shape index (κ1) is 18.0. The van der Waals surface area contributed by atoms with Crippen molar-refractivity contribution in [3.05, 3.63) is 90.5 Å². The SMILES string of the molecule is COc1ccc(N=C(NNC(=O)Nc2ccccc2)c2ccccc2)cc1. The van der Waals surface area contributed by atoms with Gasteiger partial charge in [-0.05, 0) is 36.4 Å². The Morgan fingerprint density at radius 2 is 1.44 bits per heavy atom. The second kappa shape index (κ2) is 9.05. The fourth-order valence-corrected chi connectivity index (χ4v) is 2.35. The van der Waals surface area contributed by atoms with Crippen molar-refractivity contribution in [2.45, 2.75) is 0 Å². The molecule has 0 aliphatic heterocycles. The molecule has 3 aromatic rings. The first-order valence-corrected chi connectivity index (χ1v) is 8.41. The maximum Gasteiger partial charge on any atom is 0.337 e. The van der Waals surface area contributed by atoms with E-state index in [1.54, 1.807) is 7.11 Å². The van der Waals surface area contributed by atoms with Crippen LogP contribution in [0.2, 0.25) is 0 Å². The molecule has 6 nitrogen and oxygen atoms in total. The lowest BCUT2D eigenvalue weighted by Crippen LogP contribution is -2.44. The molecular formula is C21H20N4O2. The van der Waals surface area contributed by atoms with Gasteiger partial charge in [0.15, 0.2) is 5.84 Å². The second-order valence-electron chi connectivity index (χ2n) is 5.59. The van der Waals surface area contributed by atoms with Gasteiger partial charge in [0.2, 0.25) is 0 Å². The average molecular weight is 360 g/mol. The lowest BCUT2D eigenvalue weighted by atomic mass is 10.2. The van der Waals surface area contributed by atoms with Crippen LogP contribution in [0.1, 0.15) is 5.56 Å². The highest BCUT2D eigenvalue weighted by Crippen LogP contribution is 2.18. The molecule has 0 bridgehead atoms. The Morgan fingerprint density at radius 3 is 2.07 bits per heavy atom. The Balaban J connectivity index is 1.74. The van der Waals surface area contributed by atoms with Crippen molar-refractivity contribution >= 4 is 23.2 Å². The molecule has 0 saturated carbocycles. The summed E-state index contributed by atoms with van der Waals surface area (Å²) in [6.45, 7) is 0. The highest BCUT2D eigenvalue weighted by molar-refractivity contribution is 6.01. The number of methoxy groups -OCH3 is 1. The lowest BCUT2D eigenvalue weighted by molar-refractivity contribution is 0.250. The molecule has 0 aliphatic carbocycles. The molecule has 0 radical (unpaired) electrons. The number of nitrogens with one attached hydrogen (secondary N) is 3. The smallest absolute Gasteiger partial charge is 0.337 e. The van der Waals surface area contributed by atoms with Gasteiger partial charge in [0.25, 0.3) is 0 Å². The maximum absolute atomic E-state index is 12.1. The molecule has 3 N–H and O–H groups in total. The van der Waals surface area contributed by atoms with Gasteiger partial charge >= 0.3 is 6.03 Å². The van der Waals surface area contributed by atoms with Crippen molar-refractivity contribution in [3.63, 3.8) is 0 Å². The fourth-order valence-electron chi connectivity index (χ4n) is 2.35. The van der Waals surface area contributed by atoms with Gasteiger partial charge in [-0.15, -0.1) is 0 Å². The Morgan fingerprint density at radius 1 is 0.815 bits per heavy atom. The monoisotopic (exact) mass is 360 g/mol. The minimum Gasteiger partial charge on any atom is -0.497 e. The fraction of sp³-hybridized carbons (Fsp3) is 0.0476. The van der Waals surface area contributed by atoms with Crippen LogP contribution in [-0.2, 0) is 0 Å². The van der Waals surface area contributed by atoms with Crippen molar-refractivity contribution < 1.29 is 9.53 Å². The molecule has 0 aliphatic rings. The Bertz CT molecular complexity index is 894. The number of para-hydroxylation sites is 1. The van der Waals surface area contributed by atoms with Crippen molar-refractivity contribution in [2.24, 2.45) is 4.99 Å². The van der Waals surface area contributed by atoms with Crippen LogP contribution in [0.25, 0.3) is 0 Å². The molecule has 0 aromatic heterocycles. The van der Waals surface area contributed by atoms with Crippen molar-refractivity contribution in [1.82, 2.24) is 10.9 Å². The van der Waals surface area contributed by atoms with E-state index >= 15 is 0 Å². The predicted octanol–water partition coefficient (Wildman–Crippen LogP) is 4.10. The molecule has 2 amide bonds. The van der Waals surface area contributed by atoms with E-state index < -0.39 is 0 Å². The lowest BCUT2D eigenvalue weighted by Gasteiger charge is -2.13. The van der Waals surface area contributed by atoms with Gasteiger partial charge in [0.05, 0.1) is 12.8 Å². The summed E-state index contributed by atoms with van der Waals surface area (Å²) in [4.78, 5) is 16.7. The summed E-state index contributed by atoms with van der Waals surface area (Å²) in [6, 6.07) is 25.7. The Hall–Kier alpha value is -3.80.